The first-order valence-corrected chi connectivity index (χ1v) is 7.54. The fraction of sp³-hybridized carbons (Fsp3) is 0.923. The molecular weight excluding hydrogens is 220 g/mol. The van der Waals surface area contributed by atoms with E-state index in [9.17, 15) is 4.79 Å². The van der Waals surface area contributed by atoms with Crippen LogP contribution in [0.3, 0.4) is 0 Å². The summed E-state index contributed by atoms with van der Waals surface area (Å²) in [7, 11) is 1.55. The molecule has 0 aromatic heterocycles. The summed E-state index contributed by atoms with van der Waals surface area (Å²) in [6, 6.07) is 0. The third-order valence-electron chi connectivity index (χ3n) is 4.13. The molecule has 2 aliphatic rings. The average Bonchev–Trinajstić information content (AvgIpc) is 2.39. The third-order valence-corrected chi connectivity index (χ3v) is 5.75. The summed E-state index contributed by atoms with van der Waals surface area (Å²) in [6.45, 7) is 0. The van der Waals surface area contributed by atoms with Crippen molar-refractivity contribution in [3.05, 3.63) is 0 Å². The highest BCUT2D eigenvalue weighted by atomic mass is 32.2. The Morgan fingerprint density at radius 1 is 1.19 bits per heavy atom. The highest BCUT2D eigenvalue weighted by molar-refractivity contribution is 8.00. The van der Waals surface area contributed by atoms with E-state index in [0.717, 1.165) is 12.8 Å². The fourth-order valence-electron chi connectivity index (χ4n) is 3.22. The molecule has 0 aromatic carbocycles. The van der Waals surface area contributed by atoms with E-state index in [-0.39, 0.29) is 11.4 Å². The first-order valence-electron chi connectivity index (χ1n) is 6.49. The van der Waals surface area contributed by atoms with E-state index in [4.69, 9.17) is 4.74 Å². The number of carbonyl (C=O) groups excluding carboxylic acids is 1. The van der Waals surface area contributed by atoms with Crippen LogP contribution in [0.15, 0.2) is 0 Å². The number of esters is 1. The van der Waals surface area contributed by atoms with Gasteiger partial charge in [-0.25, -0.2) is 0 Å². The fourth-order valence-corrected chi connectivity index (χ4v) is 4.86. The van der Waals surface area contributed by atoms with Gasteiger partial charge in [0.25, 0.3) is 0 Å². The Morgan fingerprint density at radius 2 is 1.94 bits per heavy atom. The van der Waals surface area contributed by atoms with Gasteiger partial charge in [-0.1, -0.05) is 25.7 Å². The summed E-state index contributed by atoms with van der Waals surface area (Å²) in [6.07, 6.45) is 9.61. The molecule has 0 aromatic rings. The predicted octanol–water partition coefficient (Wildman–Crippen LogP) is 3.40. The first kappa shape index (κ1) is 12.3. The van der Waals surface area contributed by atoms with Crippen molar-refractivity contribution in [3.63, 3.8) is 0 Å². The molecule has 1 heterocycles. The molecule has 1 aliphatic carbocycles. The van der Waals surface area contributed by atoms with Crippen molar-refractivity contribution in [1.29, 1.82) is 0 Å². The summed E-state index contributed by atoms with van der Waals surface area (Å²) in [5.41, 5.74) is -0.141. The molecule has 92 valence electrons. The number of carbonyl (C=O) groups is 1. The van der Waals surface area contributed by atoms with Crippen molar-refractivity contribution in [1.82, 2.24) is 0 Å². The largest absolute Gasteiger partial charge is 0.469 e. The van der Waals surface area contributed by atoms with Crippen LogP contribution in [-0.2, 0) is 9.53 Å². The third kappa shape index (κ3) is 2.24. The van der Waals surface area contributed by atoms with Crippen LogP contribution < -0.4 is 0 Å². The van der Waals surface area contributed by atoms with Crippen molar-refractivity contribution < 1.29 is 9.53 Å². The number of hydrogen-bond donors (Lipinski definition) is 0. The van der Waals surface area contributed by atoms with Gasteiger partial charge in [-0.3, -0.25) is 4.79 Å². The maximum Gasteiger partial charge on any atom is 0.312 e. The molecule has 1 saturated heterocycles. The maximum absolute atomic E-state index is 12.2. The summed E-state index contributed by atoms with van der Waals surface area (Å²) in [5.74, 6) is 1.29. The number of hydrogen-bond acceptors (Lipinski definition) is 3. The monoisotopic (exact) mass is 242 g/mol. The molecule has 2 rings (SSSR count). The highest BCUT2D eigenvalue weighted by Crippen LogP contribution is 2.48. The minimum Gasteiger partial charge on any atom is -0.469 e. The molecule has 0 N–H and O–H groups in total. The molecule has 2 fully saturated rings. The zero-order valence-electron chi connectivity index (χ0n) is 10.2. The predicted molar refractivity (Wildman–Crippen MR) is 67.6 cm³/mol. The summed E-state index contributed by atoms with van der Waals surface area (Å²) in [4.78, 5) is 12.2. The van der Waals surface area contributed by atoms with Crippen molar-refractivity contribution in [2.75, 3.05) is 12.9 Å². The van der Waals surface area contributed by atoms with Gasteiger partial charge in [0.1, 0.15) is 0 Å². The van der Waals surface area contributed by atoms with Gasteiger partial charge in [0, 0.05) is 5.25 Å². The second-order valence-corrected chi connectivity index (χ2v) is 6.37. The Kier molecular flexibility index (Phi) is 4.17. The first-order chi connectivity index (χ1) is 7.79. The van der Waals surface area contributed by atoms with Gasteiger partial charge in [0.15, 0.2) is 0 Å². The molecular formula is C13H22O2S. The van der Waals surface area contributed by atoms with Crippen LogP contribution in [0.5, 0.6) is 0 Å². The van der Waals surface area contributed by atoms with E-state index >= 15 is 0 Å². The molecule has 2 nitrogen and oxygen atoms in total. The SMILES string of the molecule is COC(=O)C1(C2CCCCS2)CCCCC1. The zero-order chi connectivity index (χ0) is 11.4. The number of rotatable bonds is 2. The smallest absolute Gasteiger partial charge is 0.312 e. The lowest BCUT2D eigenvalue weighted by Gasteiger charge is -2.42. The van der Waals surface area contributed by atoms with Crippen LogP contribution in [-0.4, -0.2) is 24.1 Å². The molecule has 0 spiro atoms. The standard InChI is InChI=1S/C13H22O2S/c1-15-12(14)13(8-4-2-5-9-13)11-7-3-6-10-16-11/h11H,2-10H2,1H3. The van der Waals surface area contributed by atoms with E-state index in [1.165, 1.54) is 44.3 Å². The molecule has 3 heteroatoms. The Morgan fingerprint density at radius 3 is 2.50 bits per heavy atom. The lowest BCUT2D eigenvalue weighted by Crippen LogP contribution is -2.44. The van der Waals surface area contributed by atoms with Crippen LogP contribution >= 0.6 is 11.8 Å². The van der Waals surface area contributed by atoms with Gasteiger partial charge in [-0.15, -0.1) is 0 Å². The minimum absolute atomic E-state index is 0.0617. The van der Waals surface area contributed by atoms with Crippen molar-refractivity contribution in [2.45, 2.75) is 56.6 Å². The Balaban J connectivity index is 2.14. The van der Waals surface area contributed by atoms with Crippen LogP contribution in [0.2, 0.25) is 0 Å². The van der Waals surface area contributed by atoms with Crippen molar-refractivity contribution >= 4 is 17.7 Å². The van der Waals surface area contributed by atoms with Crippen molar-refractivity contribution in [3.8, 4) is 0 Å². The summed E-state index contributed by atoms with van der Waals surface area (Å²) in [5, 5.41) is 0.522. The highest BCUT2D eigenvalue weighted by Gasteiger charge is 2.47. The molecule has 1 atom stereocenters. The second-order valence-electron chi connectivity index (χ2n) is 5.06. The molecule has 0 radical (unpaired) electrons. The number of thioether (sulfide) groups is 1. The van der Waals surface area contributed by atoms with Crippen LogP contribution in [0.4, 0.5) is 0 Å². The molecule has 0 bridgehead atoms. The molecule has 16 heavy (non-hydrogen) atoms. The van der Waals surface area contributed by atoms with Gasteiger partial charge in [0.05, 0.1) is 12.5 Å². The van der Waals surface area contributed by atoms with E-state index in [1.54, 1.807) is 7.11 Å². The van der Waals surface area contributed by atoms with E-state index in [1.807, 2.05) is 11.8 Å². The Labute approximate surface area is 103 Å². The summed E-state index contributed by atoms with van der Waals surface area (Å²) < 4.78 is 5.09. The number of ether oxygens (including phenoxy) is 1. The molecule has 1 unspecified atom stereocenters. The quantitative estimate of drug-likeness (QED) is 0.694. The summed E-state index contributed by atoms with van der Waals surface area (Å²) >= 11 is 2.01. The molecule has 1 saturated carbocycles. The topological polar surface area (TPSA) is 26.3 Å². The zero-order valence-corrected chi connectivity index (χ0v) is 11.0. The van der Waals surface area contributed by atoms with Gasteiger partial charge < -0.3 is 4.74 Å². The van der Waals surface area contributed by atoms with Crippen LogP contribution in [0, 0.1) is 5.41 Å². The minimum atomic E-state index is -0.141. The van der Waals surface area contributed by atoms with Crippen LogP contribution in [0.25, 0.3) is 0 Å². The number of methoxy groups -OCH3 is 1. The van der Waals surface area contributed by atoms with Gasteiger partial charge in [-0.2, -0.15) is 11.8 Å². The Bertz CT molecular complexity index is 240. The van der Waals surface area contributed by atoms with Crippen LogP contribution in [0.1, 0.15) is 51.4 Å². The molecule has 0 amide bonds. The van der Waals surface area contributed by atoms with E-state index in [2.05, 4.69) is 0 Å². The second kappa shape index (κ2) is 5.44. The molecule has 1 aliphatic heterocycles. The van der Waals surface area contributed by atoms with Crippen molar-refractivity contribution in [2.24, 2.45) is 5.41 Å². The van der Waals surface area contributed by atoms with Gasteiger partial charge in [0.2, 0.25) is 0 Å². The van der Waals surface area contributed by atoms with Gasteiger partial charge in [-0.05, 0) is 31.4 Å². The average molecular weight is 242 g/mol. The van der Waals surface area contributed by atoms with Gasteiger partial charge >= 0.3 is 5.97 Å². The van der Waals surface area contributed by atoms with E-state index in [0.29, 0.717) is 5.25 Å². The van der Waals surface area contributed by atoms with E-state index < -0.39 is 0 Å². The maximum atomic E-state index is 12.2. The lowest BCUT2D eigenvalue weighted by atomic mass is 9.70. The Hall–Kier alpha value is -0.180. The lowest BCUT2D eigenvalue weighted by molar-refractivity contribution is -0.155. The normalized spacial score (nSPS) is 29.7.